The van der Waals surface area contributed by atoms with E-state index in [1.807, 2.05) is 12.1 Å². The van der Waals surface area contributed by atoms with Crippen molar-refractivity contribution >= 4 is 11.7 Å². The maximum Gasteiger partial charge on any atom is 0.305 e. The van der Waals surface area contributed by atoms with Crippen molar-refractivity contribution in [3.63, 3.8) is 0 Å². The summed E-state index contributed by atoms with van der Waals surface area (Å²) >= 11 is 0. The van der Waals surface area contributed by atoms with Crippen LogP contribution in [-0.4, -0.2) is 22.7 Å². The van der Waals surface area contributed by atoms with E-state index in [4.69, 9.17) is 5.11 Å². The number of rotatable bonds is 9. The molecule has 0 radical (unpaired) electrons. The average molecular weight is 327 g/mol. The molecule has 0 aliphatic rings. The number of carboxylic acids is 1. The third-order valence-electron chi connectivity index (χ3n) is 4.12. The van der Waals surface area contributed by atoms with Crippen LogP contribution in [0.1, 0.15) is 43.2 Å². The summed E-state index contributed by atoms with van der Waals surface area (Å²) in [6.07, 6.45) is 3.22. The summed E-state index contributed by atoms with van der Waals surface area (Å²) in [4.78, 5) is 10.6. The number of benzene rings is 2. The molecule has 0 heterocycles. The minimum atomic E-state index is -0.836. The number of phenolic OH excluding ortho intramolecular Hbond substituents is 1. The van der Waals surface area contributed by atoms with Gasteiger partial charge in [-0.15, -0.1) is 0 Å². The zero-order valence-corrected chi connectivity index (χ0v) is 14.0. The lowest BCUT2D eigenvalue weighted by atomic mass is 9.93. The summed E-state index contributed by atoms with van der Waals surface area (Å²) < 4.78 is 0. The number of hydrogen-bond donors (Lipinski definition) is 3. The van der Waals surface area contributed by atoms with Crippen LogP contribution >= 0.6 is 0 Å². The molecule has 2 rings (SSSR count). The van der Waals surface area contributed by atoms with Crippen molar-refractivity contribution in [2.24, 2.45) is 0 Å². The van der Waals surface area contributed by atoms with E-state index in [9.17, 15) is 9.90 Å². The van der Waals surface area contributed by atoms with Crippen LogP contribution in [0.4, 0.5) is 5.69 Å². The van der Waals surface area contributed by atoms with Gasteiger partial charge in [0.1, 0.15) is 5.75 Å². The molecule has 24 heavy (non-hydrogen) atoms. The van der Waals surface area contributed by atoms with Gasteiger partial charge in [0, 0.05) is 18.3 Å². The summed E-state index contributed by atoms with van der Waals surface area (Å²) in [5.41, 5.74) is 3.18. The van der Waals surface area contributed by atoms with E-state index < -0.39 is 5.97 Å². The highest BCUT2D eigenvalue weighted by molar-refractivity contribution is 5.67. The highest BCUT2D eigenvalue weighted by atomic mass is 16.4. The van der Waals surface area contributed by atoms with Crippen LogP contribution in [0, 0.1) is 0 Å². The first-order valence-electron chi connectivity index (χ1n) is 8.38. The maximum absolute atomic E-state index is 10.6. The highest BCUT2D eigenvalue weighted by Gasteiger charge is 2.09. The molecule has 4 nitrogen and oxygen atoms in total. The Kier molecular flexibility index (Phi) is 6.67. The molecule has 128 valence electrons. The molecular weight excluding hydrogens is 302 g/mol. The zero-order valence-electron chi connectivity index (χ0n) is 14.0. The Labute approximate surface area is 143 Å². The van der Waals surface area contributed by atoms with Gasteiger partial charge in [-0.05, 0) is 48.4 Å². The van der Waals surface area contributed by atoms with E-state index in [-0.39, 0.29) is 12.2 Å². The molecule has 0 spiro atoms. The summed E-state index contributed by atoms with van der Waals surface area (Å²) in [6, 6.07) is 15.8. The highest BCUT2D eigenvalue weighted by Crippen LogP contribution is 2.28. The topological polar surface area (TPSA) is 69.6 Å². The largest absolute Gasteiger partial charge is 0.508 e. The maximum atomic E-state index is 10.6. The number of carboxylic acid groups (broad SMARTS) is 1. The van der Waals surface area contributed by atoms with Gasteiger partial charge in [0.15, 0.2) is 0 Å². The van der Waals surface area contributed by atoms with Crippen LogP contribution in [-0.2, 0) is 11.2 Å². The minimum Gasteiger partial charge on any atom is -0.508 e. The van der Waals surface area contributed by atoms with Crippen LogP contribution in [0.2, 0.25) is 0 Å². The molecule has 0 fully saturated rings. The number of phenols is 1. The van der Waals surface area contributed by atoms with E-state index in [0.29, 0.717) is 12.5 Å². The molecule has 0 amide bonds. The molecule has 4 heteroatoms. The van der Waals surface area contributed by atoms with E-state index in [1.54, 1.807) is 12.1 Å². The third kappa shape index (κ3) is 5.95. The lowest BCUT2D eigenvalue weighted by molar-refractivity contribution is -0.136. The molecule has 0 aliphatic heterocycles. The molecule has 0 aromatic heterocycles. The molecule has 3 N–H and O–H groups in total. The first-order valence-corrected chi connectivity index (χ1v) is 8.38. The summed E-state index contributed by atoms with van der Waals surface area (Å²) in [6.45, 7) is 2.50. The zero-order chi connectivity index (χ0) is 17.4. The molecule has 0 saturated carbocycles. The lowest BCUT2D eigenvalue weighted by Gasteiger charge is -2.15. The first kappa shape index (κ1) is 17.9. The van der Waals surface area contributed by atoms with Gasteiger partial charge in [0.05, 0.1) is 6.42 Å². The van der Waals surface area contributed by atoms with Gasteiger partial charge < -0.3 is 15.5 Å². The third-order valence-corrected chi connectivity index (χ3v) is 4.12. The molecule has 0 saturated heterocycles. The molecule has 2 aromatic carbocycles. The van der Waals surface area contributed by atoms with Gasteiger partial charge in [-0.25, -0.2) is 0 Å². The Morgan fingerprint density at radius 2 is 1.92 bits per heavy atom. The molecule has 0 aliphatic carbocycles. The smallest absolute Gasteiger partial charge is 0.305 e. The quantitative estimate of drug-likeness (QED) is 0.638. The van der Waals surface area contributed by atoms with E-state index >= 15 is 0 Å². The Balaban J connectivity index is 1.89. The van der Waals surface area contributed by atoms with E-state index in [1.165, 1.54) is 5.56 Å². The Morgan fingerprint density at radius 1 is 1.17 bits per heavy atom. The fourth-order valence-electron chi connectivity index (χ4n) is 2.76. The predicted molar refractivity (Wildman–Crippen MR) is 96.6 cm³/mol. The van der Waals surface area contributed by atoms with Gasteiger partial charge in [0.25, 0.3) is 0 Å². The van der Waals surface area contributed by atoms with Crippen molar-refractivity contribution in [1.82, 2.24) is 0 Å². The van der Waals surface area contributed by atoms with Crippen molar-refractivity contribution in [2.75, 3.05) is 11.9 Å². The summed E-state index contributed by atoms with van der Waals surface area (Å²) in [7, 11) is 0. The molecule has 1 atom stereocenters. The van der Waals surface area contributed by atoms with Gasteiger partial charge >= 0.3 is 5.97 Å². The lowest BCUT2D eigenvalue weighted by Crippen LogP contribution is -2.08. The molecule has 1 unspecified atom stereocenters. The normalized spacial score (nSPS) is 11.9. The average Bonchev–Trinajstić information content (AvgIpc) is 2.55. The van der Waals surface area contributed by atoms with Crippen LogP contribution in [0.3, 0.4) is 0 Å². The number of carbonyl (C=O) groups is 1. The van der Waals surface area contributed by atoms with Gasteiger partial charge in [-0.3, -0.25) is 4.79 Å². The number of aliphatic carboxylic acids is 1. The van der Waals surface area contributed by atoms with Gasteiger partial charge in [0.2, 0.25) is 0 Å². The minimum absolute atomic E-state index is 0.0532. The van der Waals surface area contributed by atoms with Gasteiger partial charge in [-0.1, -0.05) is 37.3 Å². The Hall–Kier alpha value is -2.49. The molecule has 0 bridgehead atoms. The monoisotopic (exact) mass is 327 g/mol. The first-order chi connectivity index (χ1) is 11.5. The predicted octanol–water partition coefficient (Wildman–Crippen LogP) is 4.41. The Bertz CT molecular complexity index is 655. The van der Waals surface area contributed by atoms with Crippen LogP contribution in [0.25, 0.3) is 0 Å². The SMILES string of the molecule is CC(CCCc1ccccc1)c1cc(O)cc(NCCC(=O)O)c1. The van der Waals surface area contributed by atoms with E-state index in [0.717, 1.165) is 30.5 Å². The van der Waals surface area contributed by atoms with Crippen molar-refractivity contribution in [2.45, 2.75) is 38.5 Å². The summed E-state index contributed by atoms with van der Waals surface area (Å²) in [5, 5.41) is 21.6. The number of nitrogens with one attached hydrogen (secondary N) is 1. The van der Waals surface area contributed by atoms with Crippen molar-refractivity contribution < 1.29 is 15.0 Å². The second-order valence-electron chi connectivity index (χ2n) is 6.16. The van der Waals surface area contributed by atoms with Crippen LogP contribution in [0.5, 0.6) is 5.75 Å². The van der Waals surface area contributed by atoms with Crippen molar-refractivity contribution in [1.29, 1.82) is 0 Å². The second-order valence-corrected chi connectivity index (χ2v) is 6.16. The number of aryl methyl sites for hydroxylation is 1. The number of anilines is 1. The summed E-state index contributed by atoms with van der Waals surface area (Å²) in [5.74, 6) is -0.293. The van der Waals surface area contributed by atoms with Crippen molar-refractivity contribution in [3.05, 3.63) is 59.7 Å². The van der Waals surface area contributed by atoms with Crippen molar-refractivity contribution in [3.8, 4) is 5.75 Å². The fraction of sp³-hybridized carbons (Fsp3) is 0.350. The fourth-order valence-corrected chi connectivity index (χ4v) is 2.76. The van der Waals surface area contributed by atoms with Gasteiger partial charge in [-0.2, -0.15) is 0 Å². The Morgan fingerprint density at radius 3 is 2.62 bits per heavy atom. The standard InChI is InChI=1S/C20H25NO3/c1-15(6-5-9-16-7-3-2-4-8-16)17-12-18(14-19(22)13-17)21-11-10-20(23)24/h2-4,7-8,12-15,21-22H,5-6,9-11H2,1H3,(H,23,24). The van der Waals surface area contributed by atoms with E-state index in [2.05, 4.69) is 36.5 Å². The number of hydrogen-bond acceptors (Lipinski definition) is 3. The molecular formula is C20H25NO3. The molecule has 2 aromatic rings. The van der Waals surface area contributed by atoms with Crippen LogP contribution < -0.4 is 5.32 Å². The number of aromatic hydroxyl groups is 1. The second kappa shape index (κ2) is 8.96. The van der Waals surface area contributed by atoms with Crippen LogP contribution in [0.15, 0.2) is 48.5 Å².